The highest BCUT2D eigenvalue weighted by molar-refractivity contribution is 9.10. The number of carbonyl (C=O) groups is 2. The number of pyridine rings is 2. The number of likely N-dealkylation sites (tertiary alicyclic amines) is 3. The second-order valence-electron chi connectivity index (χ2n) is 22.9. The molecule has 444 valence electrons. The predicted octanol–water partition coefficient (Wildman–Crippen LogP) is 7.62. The number of rotatable bonds is 8. The minimum atomic E-state index is -3.68. The minimum absolute atomic E-state index is 0.133. The number of hydrogen-bond donors (Lipinski definition) is 0. The quantitative estimate of drug-likeness (QED) is 0.136. The number of ether oxygens (including phenoxy) is 2. The van der Waals surface area contributed by atoms with Crippen LogP contribution >= 0.6 is 15.9 Å². The van der Waals surface area contributed by atoms with E-state index in [1.807, 2.05) is 126 Å². The van der Waals surface area contributed by atoms with Crippen LogP contribution in [0.3, 0.4) is 0 Å². The molecule has 0 N–H and O–H groups in total. The lowest BCUT2D eigenvalue weighted by Crippen LogP contribution is -2.43. The summed E-state index contributed by atoms with van der Waals surface area (Å²) in [6.45, 7) is 16.2. The molecule has 3 aromatic carbocycles. The zero-order chi connectivity index (χ0) is 59.5. The molecule has 2 aromatic heterocycles. The van der Waals surface area contributed by atoms with E-state index >= 15 is 0 Å². The van der Waals surface area contributed by atoms with Gasteiger partial charge in [0.05, 0.1) is 17.1 Å². The molecule has 6 aliphatic heterocycles. The van der Waals surface area contributed by atoms with Crippen molar-refractivity contribution in [1.82, 2.24) is 37.6 Å². The summed E-state index contributed by atoms with van der Waals surface area (Å²) < 4.78 is 99.4. The van der Waals surface area contributed by atoms with Crippen molar-refractivity contribution in [2.24, 2.45) is 0 Å². The van der Waals surface area contributed by atoms with E-state index in [0.717, 1.165) is 26.7 Å². The molecule has 6 saturated heterocycles. The van der Waals surface area contributed by atoms with Crippen LogP contribution in [0.1, 0.15) is 60.8 Å². The average Bonchev–Trinajstić information content (AvgIpc) is 3.41. The van der Waals surface area contributed by atoms with Gasteiger partial charge in [-0.3, -0.25) is 22.9 Å². The van der Waals surface area contributed by atoms with Gasteiger partial charge >= 0.3 is 42.8 Å². The monoisotopic (exact) mass is 1260 g/mol. The highest BCUT2D eigenvalue weighted by Crippen LogP contribution is 2.36. The van der Waals surface area contributed by atoms with E-state index in [9.17, 15) is 34.8 Å². The van der Waals surface area contributed by atoms with Gasteiger partial charge in [0.25, 0.3) is 0 Å². The summed E-state index contributed by atoms with van der Waals surface area (Å²) >= 11 is 3.38. The van der Waals surface area contributed by atoms with Gasteiger partial charge in [0.1, 0.15) is 11.2 Å². The topological polar surface area (TPSA) is 234 Å². The number of amides is 2. The van der Waals surface area contributed by atoms with Gasteiger partial charge in [0, 0.05) is 137 Å². The molecule has 3 atom stereocenters. The predicted molar refractivity (Wildman–Crippen MR) is 320 cm³/mol. The van der Waals surface area contributed by atoms with Crippen molar-refractivity contribution in [3.05, 3.63) is 126 Å². The highest BCUT2D eigenvalue weighted by Gasteiger charge is 2.47. The lowest BCUT2D eigenvalue weighted by atomic mass is 10.1. The van der Waals surface area contributed by atoms with Crippen LogP contribution in [-0.2, 0) is 40.1 Å². The van der Waals surface area contributed by atoms with Crippen molar-refractivity contribution >= 4 is 75.8 Å². The molecule has 11 rings (SSSR count). The first-order chi connectivity index (χ1) is 39.3. The molecule has 0 saturated carbocycles. The SMILES string of the molecule is CC(C)(C)OC(=O)N1CC[C@H](N2CCN(c3cccc(-c4cccnc4)c3)S2(=O)=O)C1.CC(C)(C)OC(=O)N1CC[C@H](N2CCN(c3cccc(Br)c3)S2(=O)=O)C1.N#CN1CC[C@H](N2CCN(c3cccc(-c4cccnc4)c3)S2(=O)=O)C1. The maximum absolute atomic E-state index is 13.3. The molecule has 5 aromatic rings. The van der Waals surface area contributed by atoms with E-state index in [4.69, 9.17) is 14.7 Å². The molecular weight excluding hydrogens is 1190 g/mol. The summed E-state index contributed by atoms with van der Waals surface area (Å²) in [6.07, 6.45) is 10.2. The van der Waals surface area contributed by atoms with Gasteiger partial charge in [-0.1, -0.05) is 58.4 Å². The van der Waals surface area contributed by atoms with Crippen molar-refractivity contribution in [3.63, 3.8) is 0 Å². The summed E-state index contributed by atoms with van der Waals surface area (Å²) in [5, 5.41) is 9.02. The van der Waals surface area contributed by atoms with E-state index in [1.54, 1.807) is 55.9 Å². The standard InChI is InChI=1S/C22H28N4O4S.C18H19N5O2S.C17H24BrN3O4S/c1-22(2,3)30-21(27)24-11-9-20(16-24)26-13-12-25(31(26,28)29)19-8-4-6-17(14-19)18-7-5-10-23-15-18;19-14-21-8-6-18(13-21)23-10-9-22(26(23,24)25)17-5-1-3-15(11-17)16-4-2-7-20-12-16;1-17(2,3)25-16(22)19-8-7-15(12-19)21-10-9-20(26(21,23)24)14-6-4-5-13(18)11-14/h4-8,10,14-15,20H,9,11-13,16H2,1-3H3;1-5,7,11-12,18H,6,8-10,13H2;4-6,11,15H,7-10,12H2,1-3H3/t20-;18-;15-/m000/s1. The van der Waals surface area contributed by atoms with Crippen LogP contribution in [0.2, 0.25) is 0 Å². The Bertz CT molecular complexity index is 3520. The molecule has 26 heteroatoms. The Morgan fingerprint density at radius 1 is 0.506 bits per heavy atom. The minimum Gasteiger partial charge on any atom is -0.444 e. The largest absolute Gasteiger partial charge is 0.444 e. The van der Waals surface area contributed by atoms with E-state index in [0.29, 0.717) is 115 Å². The summed E-state index contributed by atoms with van der Waals surface area (Å²) in [6, 6.07) is 29.3. The number of nitrogens with zero attached hydrogens (tertiary/aromatic N) is 12. The number of anilines is 3. The number of aromatic nitrogens is 2. The third kappa shape index (κ3) is 14.2. The normalized spacial score (nSPS) is 22.4. The van der Waals surface area contributed by atoms with Crippen LogP contribution in [0.5, 0.6) is 0 Å². The summed E-state index contributed by atoms with van der Waals surface area (Å²) in [5.74, 6) is 0. The molecule has 2 amide bonds. The Morgan fingerprint density at radius 3 is 1.24 bits per heavy atom. The Hall–Kier alpha value is -6.60. The number of hydrogen-bond acceptors (Lipinski definition) is 14. The third-order valence-electron chi connectivity index (χ3n) is 14.8. The molecule has 0 radical (unpaired) electrons. The molecule has 6 aliphatic rings. The van der Waals surface area contributed by atoms with E-state index in [1.165, 1.54) is 21.5 Å². The van der Waals surface area contributed by atoms with Gasteiger partial charge in [-0.2, -0.15) is 43.4 Å². The fourth-order valence-corrected chi connectivity index (χ4v) is 16.7. The lowest BCUT2D eigenvalue weighted by Gasteiger charge is -2.26. The van der Waals surface area contributed by atoms with Crippen LogP contribution in [-0.4, -0.2) is 183 Å². The lowest BCUT2D eigenvalue weighted by molar-refractivity contribution is 0.0276. The van der Waals surface area contributed by atoms with Crippen LogP contribution in [0.15, 0.2) is 126 Å². The molecule has 0 unspecified atom stereocenters. The second-order valence-corrected chi connectivity index (χ2v) is 29.2. The van der Waals surface area contributed by atoms with Crippen molar-refractivity contribution in [1.29, 1.82) is 5.26 Å². The zero-order valence-corrected chi connectivity index (χ0v) is 51.5. The van der Waals surface area contributed by atoms with Gasteiger partial charge in [-0.15, -0.1) is 0 Å². The van der Waals surface area contributed by atoms with Gasteiger partial charge in [-0.05, 0) is 127 Å². The van der Waals surface area contributed by atoms with Gasteiger partial charge in [-0.25, -0.2) is 9.59 Å². The Labute approximate surface area is 496 Å². The molecular formula is C57H71BrN12O10S3. The van der Waals surface area contributed by atoms with Crippen molar-refractivity contribution in [3.8, 4) is 28.4 Å². The number of halogens is 1. The third-order valence-corrected chi connectivity index (χ3v) is 21.4. The highest BCUT2D eigenvalue weighted by atomic mass is 79.9. The van der Waals surface area contributed by atoms with Crippen molar-refractivity contribution in [2.75, 3.05) is 91.5 Å². The summed E-state index contributed by atoms with van der Waals surface area (Å²) in [4.78, 5) is 37.7. The van der Waals surface area contributed by atoms with Gasteiger partial charge < -0.3 is 24.2 Å². The number of carbonyl (C=O) groups excluding carboxylic acids is 2. The van der Waals surface area contributed by atoms with Crippen LogP contribution < -0.4 is 12.9 Å². The van der Waals surface area contributed by atoms with Crippen LogP contribution in [0.25, 0.3) is 22.3 Å². The maximum atomic E-state index is 13.3. The first-order valence-electron chi connectivity index (χ1n) is 27.6. The molecule has 8 heterocycles. The first-order valence-corrected chi connectivity index (χ1v) is 32.6. The number of benzene rings is 3. The Morgan fingerprint density at radius 2 is 0.880 bits per heavy atom. The molecule has 0 bridgehead atoms. The van der Waals surface area contributed by atoms with Gasteiger partial charge in [0.15, 0.2) is 6.19 Å². The van der Waals surface area contributed by atoms with Crippen LogP contribution in [0.4, 0.5) is 26.7 Å². The van der Waals surface area contributed by atoms with E-state index < -0.39 is 47.9 Å². The van der Waals surface area contributed by atoms with E-state index in [-0.39, 0.29) is 24.2 Å². The number of nitriles is 1. The average molecular weight is 1260 g/mol. The Kier molecular flexibility index (Phi) is 18.3. The fourth-order valence-electron chi connectivity index (χ4n) is 10.9. The first kappa shape index (κ1) is 61.0. The van der Waals surface area contributed by atoms with E-state index in [2.05, 4.69) is 32.1 Å². The smallest absolute Gasteiger partial charge is 0.410 e. The van der Waals surface area contributed by atoms with Gasteiger partial charge in [0.2, 0.25) is 0 Å². The molecule has 0 spiro atoms. The maximum Gasteiger partial charge on any atom is 0.410 e. The van der Waals surface area contributed by atoms with Crippen molar-refractivity contribution < 1.29 is 44.3 Å². The zero-order valence-electron chi connectivity index (χ0n) is 47.4. The fraction of sp³-hybridized carbons (Fsp3) is 0.456. The molecule has 0 aliphatic carbocycles. The Balaban J connectivity index is 0.000000150. The summed E-state index contributed by atoms with van der Waals surface area (Å²) in [7, 11) is -10.9. The molecule has 83 heavy (non-hydrogen) atoms. The summed E-state index contributed by atoms with van der Waals surface area (Å²) in [5.41, 5.74) is 4.51. The molecule has 6 fully saturated rings. The van der Waals surface area contributed by atoms with Crippen molar-refractivity contribution in [2.45, 2.75) is 90.1 Å². The van der Waals surface area contributed by atoms with Crippen LogP contribution in [0, 0.1) is 11.5 Å². The molecule has 22 nitrogen and oxygen atoms in total. The second kappa shape index (κ2) is 24.9.